The first-order chi connectivity index (χ1) is 68.2. The van der Waals surface area contributed by atoms with Crippen LogP contribution in [0.1, 0.15) is 26.7 Å². The van der Waals surface area contributed by atoms with Crippen molar-refractivity contribution in [1.29, 1.82) is 0 Å². The number of hydrogen-bond acceptors (Lipinski definition) is 61. The molecule has 0 saturated carbocycles. The van der Waals surface area contributed by atoms with Crippen LogP contribution in [0.25, 0.3) is 0 Å². The number of methoxy groups -OCH3 is 4. The Kier molecular flexibility index (Phi) is 51.1. The van der Waals surface area contributed by atoms with E-state index in [1.54, 1.807) is 0 Å². The molecule has 0 aromatic rings. The molecule has 0 amide bonds. The maximum Gasteiger partial charge on any atom is 0.335 e. The third-order valence-corrected chi connectivity index (χ3v) is 24.9. The summed E-state index contributed by atoms with van der Waals surface area (Å²) in [4.78, 5) is 45.7. The summed E-state index contributed by atoms with van der Waals surface area (Å²) >= 11 is 0. The largest absolute Gasteiger partial charge is 0.479 e. The van der Waals surface area contributed by atoms with Crippen molar-refractivity contribution in [3.63, 3.8) is 0 Å². The number of carboxylic acid groups (broad SMARTS) is 4. The van der Waals surface area contributed by atoms with Crippen molar-refractivity contribution in [3.8, 4) is 0 Å². The quantitative estimate of drug-likeness (QED) is 0.0318. The molecular formula is C78H140N2O65+2. The maximum atomic E-state index is 11.8. The van der Waals surface area contributed by atoms with Crippen LogP contribution in [0.3, 0.4) is 0 Å². The van der Waals surface area contributed by atoms with Gasteiger partial charge in [0.05, 0.1) is 65.1 Å². The second-order valence-corrected chi connectivity index (χ2v) is 34.5. The molecule has 0 aliphatic carbocycles. The van der Waals surface area contributed by atoms with Gasteiger partial charge in [-0.1, -0.05) is 13.8 Å². The van der Waals surface area contributed by atoms with Gasteiger partial charge in [0.2, 0.25) is 12.6 Å². The molecule has 850 valence electrons. The average Bonchev–Trinajstić information content (AvgIpc) is 0.845. The van der Waals surface area contributed by atoms with Gasteiger partial charge in [-0.25, -0.2) is 19.2 Å². The molecule has 0 aromatic carbocycles. The molecule has 34 unspecified atom stereocenters. The van der Waals surface area contributed by atoms with Crippen LogP contribution in [0, 0.1) is 0 Å². The molecule has 67 nitrogen and oxygen atoms in total. The third-order valence-electron chi connectivity index (χ3n) is 24.9. The Bertz CT molecular complexity index is 3760. The summed E-state index contributed by atoms with van der Waals surface area (Å²) in [6.07, 6.45) is -89.1. The summed E-state index contributed by atoms with van der Waals surface area (Å²) in [6.45, 7) is -1.09. The lowest BCUT2D eigenvalue weighted by Gasteiger charge is -2.47. The highest BCUT2D eigenvalue weighted by atomic mass is 16.8. The van der Waals surface area contributed by atoms with E-state index in [-0.39, 0.29) is 12.8 Å². The molecular weight excluding hydrogens is 2000 g/mol. The Morgan fingerprint density at radius 1 is 0.234 bits per heavy atom. The van der Waals surface area contributed by atoms with Gasteiger partial charge in [-0.15, -0.1) is 0 Å². The van der Waals surface area contributed by atoms with E-state index in [1.165, 1.54) is 7.11 Å². The number of carbonyl (C=O) groups is 4. The predicted molar refractivity (Wildman–Crippen MR) is 440 cm³/mol. The first-order valence-electron chi connectivity index (χ1n) is 45.0. The molecule has 0 aromatic heterocycles. The molecule has 12 fully saturated rings. The molecule has 0 spiro atoms. The molecule has 12 heterocycles. The zero-order valence-electron chi connectivity index (χ0n) is 78.0. The van der Waals surface area contributed by atoms with Crippen LogP contribution in [0.2, 0.25) is 0 Å². The first kappa shape index (κ1) is 127. The fourth-order valence-corrected chi connectivity index (χ4v) is 16.3. The van der Waals surface area contributed by atoms with Gasteiger partial charge in [0, 0.05) is 41.3 Å². The Hall–Kier alpha value is -4.48. The number of aliphatic hydroxyl groups excluding tert-OH is 34. The second-order valence-electron chi connectivity index (χ2n) is 34.5. The van der Waals surface area contributed by atoms with Crippen molar-refractivity contribution in [2.75, 3.05) is 81.3 Å². The van der Waals surface area contributed by atoms with Crippen molar-refractivity contribution in [1.82, 2.24) is 0 Å². The molecule has 58 atom stereocenters. The minimum atomic E-state index is -2.03. The lowest BCUT2D eigenvalue weighted by Crippen LogP contribution is -2.79. The average molecular weight is 2150 g/mol. The van der Waals surface area contributed by atoms with Gasteiger partial charge in [-0.05, 0) is 0 Å². The smallest absolute Gasteiger partial charge is 0.335 e. The molecule has 12 aliphatic heterocycles. The van der Waals surface area contributed by atoms with E-state index in [0.717, 1.165) is 21.3 Å². The summed E-state index contributed by atoms with van der Waals surface area (Å²) in [6, 6.07) is -2.36. The minimum absolute atomic E-state index is 0.0162. The van der Waals surface area contributed by atoms with Crippen molar-refractivity contribution in [2.45, 2.75) is 383 Å². The van der Waals surface area contributed by atoms with Crippen LogP contribution in [-0.2, 0) is 128 Å². The predicted octanol–water partition coefficient (Wildman–Crippen LogP) is -26.8. The maximum absolute atomic E-state index is 11.8. The SMILES string of the molecule is CC.CO[C@H]1OC(C(=O)O)[C@@H](O)C(O)C1O.CO[C@H]1OC(C(=O)O)[C@@H](O[C@H]2OC(CO[C@@H]3CC(O)[C@@H](O)C(CO)O3)[C@@H](O)C(O)C2[NH3+])C(O)C1O.CO[C@H]1OC(C(=O)O)[C@@H](O[C@H]2OC(CO[C@H]3OC(CO)[C@H](O)C(O)C3O)[C@@H](O)C(O)C2[NH3+])C(O)C1O.CO[C@H]1OC(C(=O)O)[C@@H](O[C@H]2OC(CO[C@H]3OC(CO)[C@H](O[C@H]4OC(CO)[C@@H](O)C(O)C4O)C(O)C3O)[C@@H](O)C(O)C2O)C(O)C1O.OCC1O[C@H](O)CC(O)[C@@H]1O. The van der Waals surface area contributed by atoms with Crippen LogP contribution in [-0.4, -0.2) is 655 Å². The Balaban J connectivity index is 0.000000263. The summed E-state index contributed by atoms with van der Waals surface area (Å²) in [7, 11) is 4.56. The summed E-state index contributed by atoms with van der Waals surface area (Å²) < 4.78 is 120. The van der Waals surface area contributed by atoms with Gasteiger partial charge in [0.25, 0.3) is 0 Å². The Morgan fingerprint density at radius 3 is 0.828 bits per heavy atom. The van der Waals surface area contributed by atoms with Crippen molar-refractivity contribution in [2.24, 2.45) is 0 Å². The summed E-state index contributed by atoms with van der Waals surface area (Å²) in [5, 5.41) is 375. The molecule has 145 heavy (non-hydrogen) atoms. The number of aliphatic hydroxyl groups is 34. The van der Waals surface area contributed by atoms with Crippen molar-refractivity contribution < 1.29 is 334 Å². The van der Waals surface area contributed by atoms with E-state index in [1.807, 2.05) is 13.8 Å². The number of hydrogen-bond donors (Lipinski definition) is 40. The molecule has 12 rings (SSSR count). The van der Waals surface area contributed by atoms with Crippen LogP contribution in [0.15, 0.2) is 0 Å². The van der Waals surface area contributed by atoms with E-state index < -0.39 is 433 Å². The van der Waals surface area contributed by atoms with Crippen LogP contribution < -0.4 is 11.5 Å². The number of carboxylic acids is 4. The lowest BCUT2D eigenvalue weighted by molar-refractivity contribution is -0.507. The molecule has 12 aliphatic rings. The summed E-state index contributed by atoms with van der Waals surface area (Å²) in [5.41, 5.74) is 7.32. The third kappa shape index (κ3) is 30.8. The van der Waals surface area contributed by atoms with Gasteiger partial charge in [-0.3, -0.25) is 0 Å². The van der Waals surface area contributed by atoms with Crippen LogP contribution >= 0.6 is 0 Å². The second kappa shape index (κ2) is 58.2. The molecule has 12 saturated heterocycles. The van der Waals surface area contributed by atoms with E-state index in [4.69, 9.17) is 130 Å². The number of quaternary nitrogens is 2. The number of rotatable bonds is 30. The molecule has 67 heteroatoms. The fourth-order valence-electron chi connectivity index (χ4n) is 16.3. The monoisotopic (exact) mass is 2140 g/mol. The topological polar surface area (TPSA) is 1100 Å². The van der Waals surface area contributed by atoms with Gasteiger partial charge in [0.15, 0.2) is 99.4 Å². The van der Waals surface area contributed by atoms with Gasteiger partial charge < -0.3 is 314 Å². The highest BCUT2D eigenvalue weighted by Crippen LogP contribution is 2.38. The van der Waals surface area contributed by atoms with E-state index in [2.05, 4.69) is 16.2 Å². The van der Waals surface area contributed by atoms with Crippen LogP contribution in [0.4, 0.5) is 0 Å². The Labute approximate surface area is 819 Å². The standard InChI is InChI=1S/C25H42O22.C19H33NO16.C19H33NO15.C7H12O7.C6H12O5.C2H6/c1-40-22-16(36)13(33)19(20(47-22)21(38)39)46-25-15(35)11(31)9(29)7(44-25)4-41-23-17(37)12(32)18(6(3-27)43-23)45-24-14(34)10(30)8(28)5(2-26)42-24;1-31-18-13(28)11(26)14(15(36-18)16(29)30)35-17-6(20)9(24)8(23)5(34-17)3-32-19-12(27)10(25)7(22)4(2-21)33-19;1-30-19-14(27)13(26)15(16(35-19)17(28)29)34-18-9(20)12(25)11(24)7(33-18)4-31-8-2-5(22)10(23)6(3-21)32-8;1-13-7-4(10)2(8)3(9)5(14-7)6(11)12;7-2-4-6(10)3(8)1-5(9)11-4;1-2/h5-20,22-37H,2-4H2,1H3,(H,38,39);4-15,17-19,21-28H,2-3,20H2,1H3,(H,29,30);5-16,18-19,21-27H,2-4,20H2,1H3,(H,28,29);2-5,7-10H,1H3,(H,11,12);3-10H,1-2H2;1-2H3/p+2/t5?,6?,7?,8-,9-,10?,11?,12?,13?,14?,15?,16?,17?,18+,19+,20?,22+,23+,24-,25-;4?,5?,6?,7-,8+,9?,10?,11?,12?,13?,14-,15?,17+,18-,19-;5?,6?,7?,8-,9?,10+,11+,12?,13?,14?,15-,16?,18+,19-;2?,3-,4?,5?,7-;3?,4?,5-,6-;/m10000./s1. The summed E-state index contributed by atoms with van der Waals surface area (Å²) in [5.74, 6) is -6.14. The normalized spacial score (nSPS) is 48.6. The highest BCUT2D eigenvalue weighted by molar-refractivity contribution is 5.75. The van der Waals surface area contributed by atoms with E-state index >= 15 is 0 Å². The highest BCUT2D eigenvalue weighted by Gasteiger charge is 2.61. The van der Waals surface area contributed by atoms with Gasteiger partial charge in [-0.2, -0.15) is 0 Å². The van der Waals surface area contributed by atoms with Crippen molar-refractivity contribution >= 4 is 23.9 Å². The van der Waals surface area contributed by atoms with Crippen molar-refractivity contribution in [3.05, 3.63) is 0 Å². The number of aliphatic carboxylic acids is 4. The number of ether oxygens (including phenoxy) is 23. The van der Waals surface area contributed by atoms with E-state index in [0.29, 0.717) is 0 Å². The van der Waals surface area contributed by atoms with Gasteiger partial charge >= 0.3 is 23.9 Å². The lowest BCUT2D eigenvalue weighted by atomic mass is 9.96. The van der Waals surface area contributed by atoms with Gasteiger partial charge in [0.1, 0.15) is 232 Å². The Morgan fingerprint density at radius 2 is 0.476 bits per heavy atom. The first-order valence-corrected chi connectivity index (χ1v) is 45.0. The zero-order valence-corrected chi connectivity index (χ0v) is 78.0. The zero-order chi connectivity index (χ0) is 109. The van der Waals surface area contributed by atoms with E-state index in [9.17, 15) is 188 Å². The molecule has 0 radical (unpaired) electrons. The molecule has 44 N–H and O–H groups in total. The molecule has 0 bridgehead atoms. The minimum Gasteiger partial charge on any atom is -0.479 e. The van der Waals surface area contributed by atoms with Crippen LogP contribution in [0.5, 0.6) is 0 Å². The fraction of sp³-hybridized carbons (Fsp3) is 0.949.